The predicted octanol–water partition coefficient (Wildman–Crippen LogP) is 2.88. The number of likely N-dealkylation sites (tertiary alicyclic amines) is 1. The number of H-pyrrole nitrogens is 1. The third-order valence-corrected chi connectivity index (χ3v) is 4.66. The number of aromatic nitrogens is 1. The number of aromatic amines is 1. The van der Waals surface area contributed by atoms with E-state index >= 15 is 0 Å². The summed E-state index contributed by atoms with van der Waals surface area (Å²) < 4.78 is 0. The normalized spacial score (nSPS) is 20.9. The zero-order valence-corrected chi connectivity index (χ0v) is 13.2. The van der Waals surface area contributed by atoms with E-state index in [0.29, 0.717) is 6.54 Å². The van der Waals surface area contributed by atoms with Gasteiger partial charge in [0.15, 0.2) is 0 Å². The smallest absolute Gasteiger partial charge is 0.256 e. The number of nitrogens with one attached hydrogen (secondary N) is 1. The van der Waals surface area contributed by atoms with Gasteiger partial charge in [-0.05, 0) is 17.4 Å². The largest absolute Gasteiger partial charge is 0.366 e. The summed E-state index contributed by atoms with van der Waals surface area (Å²) in [5.74, 6) is 0.0834. The molecule has 2 heterocycles. The fraction of sp³-hybridized carbons (Fsp3) is 0.389. The fourth-order valence-electron chi connectivity index (χ4n) is 3.11. The van der Waals surface area contributed by atoms with Gasteiger partial charge in [0.25, 0.3) is 5.91 Å². The summed E-state index contributed by atoms with van der Waals surface area (Å²) in [6.07, 6.45) is 4.54. The minimum Gasteiger partial charge on any atom is -0.366 e. The van der Waals surface area contributed by atoms with Gasteiger partial charge in [0.05, 0.1) is 5.56 Å². The summed E-state index contributed by atoms with van der Waals surface area (Å²) in [4.78, 5) is 17.9. The SMILES string of the molecule is CC1(C)CN(C(=O)c2c[nH]cc2-c2ccccc2)CCC1N. The number of rotatable bonds is 2. The van der Waals surface area contributed by atoms with Crippen molar-refractivity contribution in [2.75, 3.05) is 13.1 Å². The van der Waals surface area contributed by atoms with Gasteiger partial charge in [-0.1, -0.05) is 44.2 Å². The van der Waals surface area contributed by atoms with Crippen LogP contribution in [0.1, 0.15) is 30.6 Å². The number of benzene rings is 1. The van der Waals surface area contributed by atoms with Crippen LogP contribution in [0.3, 0.4) is 0 Å². The Morgan fingerprint density at radius 3 is 2.68 bits per heavy atom. The Morgan fingerprint density at radius 1 is 1.27 bits per heavy atom. The summed E-state index contributed by atoms with van der Waals surface area (Å²) in [6, 6.07) is 10.1. The van der Waals surface area contributed by atoms with E-state index in [0.717, 1.165) is 29.7 Å². The van der Waals surface area contributed by atoms with Gasteiger partial charge < -0.3 is 15.6 Å². The fourth-order valence-corrected chi connectivity index (χ4v) is 3.11. The third-order valence-electron chi connectivity index (χ3n) is 4.66. The summed E-state index contributed by atoms with van der Waals surface area (Å²) >= 11 is 0. The van der Waals surface area contributed by atoms with E-state index in [9.17, 15) is 4.79 Å². The molecule has 4 nitrogen and oxygen atoms in total. The maximum absolute atomic E-state index is 12.9. The van der Waals surface area contributed by atoms with Gasteiger partial charge in [0.2, 0.25) is 0 Å². The van der Waals surface area contributed by atoms with Crippen molar-refractivity contribution in [3.05, 3.63) is 48.3 Å². The van der Waals surface area contributed by atoms with Crippen molar-refractivity contribution >= 4 is 5.91 Å². The first kappa shape index (κ1) is 14.9. The van der Waals surface area contributed by atoms with Crippen LogP contribution in [-0.4, -0.2) is 34.9 Å². The van der Waals surface area contributed by atoms with Gasteiger partial charge in [-0.15, -0.1) is 0 Å². The lowest BCUT2D eigenvalue weighted by molar-refractivity contribution is 0.0534. The lowest BCUT2D eigenvalue weighted by Gasteiger charge is -2.42. The first-order valence-electron chi connectivity index (χ1n) is 7.76. The zero-order valence-electron chi connectivity index (χ0n) is 13.2. The Morgan fingerprint density at radius 2 is 2.00 bits per heavy atom. The maximum atomic E-state index is 12.9. The van der Waals surface area contributed by atoms with E-state index in [2.05, 4.69) is 18.8 Å². The number of hydrogen-bond donors (Lipinski definition) is 2. The molecule has 0 radical (unpaired) electrons. The van der Waals surface area contributed by atoms with Crippen LogP contribution in [0.4, 0.5) is 0 Å². The summed E-state index contributed by atoms with van der Waals surface area (Å²) in [5, 5.41) is 0. The van der Waals surface area contributed by atoms with Crippen molar-refractivity contribution in [2.24, 2.45) is 11.1 Å². The highest BCUT2D eigenvalue weighted by molar-refractivity contribution is 6.00. The van der Waals surface area contributed by atoms with Crippen LogP contribution in [0.5, 0.6) is 0 Å². The standard InChI is InChI=1S/C18H23N3O/c1-18(2)12-21(9-8-16(18)19)17(22)15-11-20-10-14(15)13-6-4-3-5-7-13/h3-7,10-11,16,20H,8-9,12,19H2,1-2H3. The molecule has 1 aliphatic heterocycles. The molecule has 1 amide bonds. The molecule has 1 aliphatic rings. The van der Waals surface area contributed by atoms with Crippen LogP contribution < -0.4 is 5.73 Å². The lowest BCUT2D eigenvalue weighted by Crippen LogP contribution is -2.54. The van der Waals surface area contributed by atoms with Crippen molar-refractivity contribution in [2.45, 2.75) is 26.3 Å². The second kappa shape index (κ2) is 5.61. The van der Waals surface area contributed by atoms with Crippen molar-refractivity contribution in [3.8, 4) is 11.1 Å². The average Bonchev–Trinajstić information content (AvgIpc) is 2.99. The molecule has 1 aromatic heterocycles. The first-order chi connectivity index (χ1) is 10.5. The molecular weight excluding hydrogens is 274 g/mol. The predicted molar refractivity (Wildman–Crippen MR) is 88.5 cm³/mol. The van der Waals surface area contributed by atoms with E-state index in [1.807, 2.05) is 41.4 Å². The van der Waals surface area contributed by atoms with Crippen LogP contribution >= 0.6 is 0 Å². The topological polar surface area (TPSA) is 62.1 Å². The number of nitrogens with zero attached hydrogens (tertiary/aromatic N) is 1. The monoisotopic (exact) mass is 297 g/mol. The molecule has 3 N–H and O–H groups in total. The van der Waals surface area contributed by atoms with Gasteiger partial charge in [0, 0.05) is 37.1 Å². The number of hydrogen-bond acceptors (Lipinski definition) is 2. The van der Waals surface area contributed by atoms with Crippen LogP contribution in [-0.2, 0) is 0 Å². The molecule has 1 unspecified atom stereocenters. The average molecular weight is 297 g/mol. The molecule has 0 bridgehead atoms. The molecule has 116 valence electrons. The van der Waals surface area contributed by atoms with E-state index in [4.69, 9.17) is 5.73 Å². The molecule has 1 aromatic carbocycles. The zero-order chi connectivity index (χ0) is 15.7. The molecule has 2 aromatic rings. The summed E-state index contributed by atoms with van der Waals surface area (Å²) in [6.45, 7) is 5.69. The first-order valence-corrected chi connectivity index (χ1v) is 7.76. The summed E-state index contributed by atoms with van der Waals surface area (Å²) in [5.41, 5.74) is 8.87. The molecule has 4 heteroatoms. The number of amides is 1. The maximum Gasteiger partial charge on any atom is 0.256 e. The van der Waals surface area contributed by atoms with E-state index in [1.54, 1.807) is 6.20 Å². The number of carbonyl (C=O) groups excluding carboxylic acids is 1. The van der Waals surface area contributed by atoms with Crippen LogP contribution in [0.2, 0.25) is 0 Å². The van der Waals surface area contributed by atoms with E-state index < -0.39 is 0 Å². The highest BCUT2D eigenvalue weighted by Gasteiger charge is 2.36. The second-order valence-electron chi connectivity index (χ2n) is 6.76. The van der Waals surface area contributed by atoms with Crippen molar-refractivity contribution in [1.82, 2.24) is 9.88 Å². The van der Waals surface area contributed by atoms with E-state index in [1.165, 1.54) is 0 Å². The van der Waals surface area contributed by atoms with Gasteiger partial charge >= 0.3 is 0 Å². The molecule has 3 rings (SSSR count). The van der Waals surface area contributed by atoms with Crippen LogP contribution in [0.25, 0.3) is 11.1 Å². The third kappa shape index (κ3) is 2.66. The highest BCUT2D eigenvalue weighted by atomic mass is 16.2. The minimum absolute atomic E-state index is 0.0445. The van der Waals surface area contributed by atoms with E-state index in [-0.39, 0.29) is 17.4 Å². The second-order valence-corrected chi connectivity index (χ2v) is 6.76. The summed E-state index contributed by atoms with van der Waals surface area (Å²) in [7, 11) is 0. The van der Waals surface area contributed by atoms with Crippen LogP contribution in [0.15, 0.2) is 42.7 Å². The van der Waals surface area contributed by atoms with Crippen molar-refractivity contribution in [1.29, 1.82) is 0 Å². The lowest BCUT2D eigenvalue weighted by atomic mass is 9.79. The number of nitrogens with two attached hydrogens (primary N) is 1. The van der Waals surface area contributed by atoms with Crippen molar-refractivity contribution in [3.63, 3.8) is 0 Å². The highest BCUT2D eigenvalue weighted by Crippen LogP contribution is 2.30. The Kier molecular flexibility index (Phi) is 3.79. The Labute approximate surface area is 131 Å². The van der Waals surface area contributed by atoms with Crippen molar-refractivity contribution < 1.29 is 4.79 Å². The number of piperidine rings is 1. The van der Waals surface area contributed by atoms with Gasteiger partial charge in [-0.25, -0.2) is 0 Å². The molecule has 1 fully saturated rings. The Balaban J connectivity index is 1.87. The minimum atomic E-state index is -0.0445. The number of carbonyl (C=O) groups is 1. The van der Waals surface area contributed by atoms with Gasteiger partial charge in [0.1, 0.15) is 0 Å². The quantitative estimate of drug-likeness (QED) is 0.895. The van der Waals surface area contributed by atoms with Gasteiger partial charge in [-0.3, -0.25) is 4.79 Å². The molecule has 22 heavy (non-hydrogen) atoms. The molecule has 1 atom stereocenters. The Bertz CT molecular complexity index is 660. The molecular formula is C18H23N3O. The molecule has 1 saturated heterocycles. The molecule has 0 saturated carbocycles. The van der Waals surface area contributed by atoms with Gasteiger partial charge in [-0.2, -0.15) is 0 Å². The Hall–Kier alpha value is -2.07. The van der Waals surface area contributed by atoms with Crippen LogP contribution in [0, 0.1) is 5.41 Å². The molecule has 0 aliphatic carbocycles. The molecule has 0 spiro atoms.